The van der Waals surface area contributed by atoms with E-state index >= 15 is 0 Å². The van der Waals surface area contributed by atoms with Crippen molar-refractivity contribution in [1.82, 2.24) is 8.75 Å². The third-order valence-electron chi connectivity index (χ3n) is 2.67. The van der Waals surface area contributed by atoms with E-state index in [0.717, 1.165) is 30.5 Å². The largest absolute Gasteiger partial charge is 0.370 e. The highest BCUT2D eigenvalue weighted by atomic mass is 32.1. The maximum Gasteiger partial charge on any atom is 0.298 e. The summed E-state index contributed by atoms with van der Waals surface area (Å²) >= 11 is 1.01. The molecule has 0 bridgehead atoms. The van der Waals surface area contributed by atoms with Gasteiger partial charge in [0.25, 0.3) is 5.69 Å². The molecular weight excluding hydrogens is 240 g/mol. The van der Waals surface area contributed by atoms with Gasteiger partial charge in [0.15, 0.2) is 5.52 Å². The zero-order valence-electron chi connectivity index (χ0n) is 9.58. The molecule has 0 amide bonds. The van der Waals surface area contributed by atoms with Gasteiger partial charge in [-0.2, -0.15) is 8.75 Å². The summed E-state index contributed by atoms with van der Waals surface area (Å²) in [4.78, 5) is 12.5. The van der Waals surface area contributed by atoms with E-state index < -0.39 is 4.92 Å². The lowest BCUT2D eigenvalue weighted by Crippen LogP contribution is -2.22. The number of nitro groups is 1. The molecule has 0 fully saturated rings. The van der Waals surface area contributed by atoms with Crippen LogP contribution in [0.15, 0.2) is 12.1 Å². The molecule has 7 heteroatoms. The van der Waals surface area contributed by atoms with Crippen molar-refractivity contribution < 1.29 is 4.92 Å². The molecule has 2 rings (SSSR count). The fraction of sp³-hybridized carbons (Fsp3) is 0.400. The fourth-order valence-corrected chi connectivity index (χ4v) is 2.37. The van der Waals surface area contributed by atoms with Crippen LogP contribution in [0.1, 0.15) is 13.8 Å². The SMILES string of the molecule is CCN(CC)c1ccc([N+](=O)[O-])c2nsnc12. The first-order chi connectivity index (χ1) is 8.19. The fourth-order valence-electron chi connectivity index (χ4n) is 1.81. The molecule has 0 unspecified atom stereocenters. The predicted molar refractivity (Wildman–Crippen MR) is 67.6 cm³/mol. The lowest BCUT2D eigenvalue weighted by molar-refractivity contribution is -0.383. The third kappa shape index (κ3) is 1.93. The quantitative estimate of drug-likeness (QED) is 0.617. The standard InChI is InChI=1S/C10H12N4O2S/c1-3-13(4-2)7-5-6-8(14(15)16)10-9(7)11-17-12-10/h5-6H,3-4H2,1-2H3. The van der Waals surface area contributed by atoms with Gasteiger partial charge < -0.3 is 4.90 Å². The predicted octanol–water partition coefficient (Wildman–Crippen LogP) is 2.45. The summed E-state index contributed by atoms with van der Waals surface area (Å²) in [5.74, 6) is 0. The number of rotatable bonds is 4. The molecular formula is C10H12N4O2S. The van der Waals surface area contributed by atoms with Crippen LogP contribution in [0.3, 0.4) is 0 Å². The van der Waals surface area contributed by atoms with Crippen LogP contribution in [0.2, 0.25) is 0 Å². The number of non-ortho nitro benzene ring substituents is 1. The smallest absolute Gasteiger partial charge is 0.298 e. The van der Waals surface area contributed by atoms with Crippen LogP contribution in [-0.2, 0) is 0 Å². The number of fused-ring (bicyclic) bond motifs is 1. The molecule has 0 saturated carbocycles. The van der Waals surface area contributed by atoms with Crippen LogP contribution in [0.4, 0.5) is 11.4 Å². The molecule has 0 atom stereocenters. The summed E-state index contributed by atoms with van der Waals surface area (Å²) in [6.07, 6.45) is 0. The molecule has 0 saturated heterocycles. The molecule has 17 heavy (non-hydrogen) atoms. The minimum absolute atomic E-state index is 0.0182. The zero-order valence-corrected chi connectivity index (χ0v) is 10.4. The van der Waals surface area contributed by atoms with E-state index in [1.807, 2.05) is 13.8 Å². The Morgan fingerprint density at radius 3 is 2.53 bits per heavy atom. The maximum atomic E-state index is 10.9. The van der Waals surface area contributed by atoms with Gasteiger partial charge >= 0.3 is 0 Å². The molecule has 1 aromatic heterocycles. The van der Waals surface area contributed by atoms with Gasteiger partial charge in [-0.3, -0.25) is 10.1 Å². The first-order valence-corrected chi connectivity index (χ1v) is 6.06. The Kier molecular flexibility index (Phi) is 3.19. The average molecular weight is 252 g/mol. The normalized spacial score (nSPS) is 10.7. The first-order valence-electron chi connectivity index (χ1n) is 5.33. The molecule has 0 aliphatic rings. The Hall–Kier alpha value is -1.76. The van der Waals surface area contributed by atoms with E-state index in [0.29, 0.717) is 11.0 Å². The Balaban J connectivity index is 2.64. The van der Waals surface area contributed by atoms with Crippen molar-refractivity contribution in [3.8, 4) is 0 Å². The second-order valence-corrected chi connectivity index (χ2v) is 4.02. The second kappa shape index (κ2) is 4.62. The van der Waals surface area contributed by atoms with Gasteiger partial charge in [0.1, 0.15) is 5.52 Å². The number of nitrogens with zero attached hydrogens (tertiary/aromatic N) is 4. The number of hydrogen-bond acceptors (Lipinski definition) is 6. The van der Waals surface area contributed by atoms with E-state index in [2.05, 4.69) is 13.6 Å². The summed E-state index contributed by atoms with van der Waals surface area (Å²) in [7, 11) is 0. The van der Waals surface area contributed by atoms with Gasteiger partial charge in [0.05, 0.1) is 22.3 Å². The molecule has 1 aromatic carbocycles. The van der Waals surface area contributed by atoms with Crippen LogP contribution in [-0.4, -0.2) is 26.8 Å². The number of benzene rings is 1. The lowest BCUT2D eigenvalue weighted by Gasteiger charge is -2.20. The van der Waals surface area contributed by atoms with E-state index in [1.54, 1.807) is 6.07 Å². The Labute approximate surface area is 102 Å². The highest BCUT2D eigenvalue weighted by Gasteiger charge is 2.19. The third-order valence-corrected chi connectivity index (χ3v) is 3.20. The van der Waals surface area contributed by atoms with Crippen molar-refractivity contribution >= 4 is 34.1 Å². The van der Waals surface area contributed by atoms with E-state index in [1.165, 1.54) is 6.07 Å². The molecule has 2 aromatic rings. The Bertz CT molecular complexity index is 550. The lowest BCUT2D eigenvalue weighted by atomic mass is 10.2. The van der Waals surface area contributed by atoms with Crippen LogP contribution in [0, 0.1) is 10.1 Å². The molecule has 0 spiro atoms. The van der Waals surface area contributed by atoms with Crippen LogP contribution >= 0.6 is 11.7 Å². The summed E-state index contributed by atoms with van der Waals surface area (Å²) < 4.78 is 8.18. The van der Waals surface area contributed by atoms with Gasteiger partial charge in [-0.1, -0.05) is 0 Å². The van der Waals surface area contributed by atoms with Crippen LogP contribution < -0.4 is 4.90 Å². The Morgan fingerprint density at radius 2 is 1.94 bits per heavy atom. The van der Waals surface area contributed by atoms with Crippen molar-refractivity contribution in [3.05, 3.63) is 22.2 Å². The molecule has 6 nitrogen and oxygen atoms in total. The monoisotopic (exact) mass is 252 g/mol. The van der Waals surface area contributed by atoms with Gasteiger partial charge in [-0.05, 0) is 19.9 Å². The zero-order chi connectivity index (χ0) is 12.4. The van der Waals surface area contributed by atoms with Gasteiger partial charge in [0.2, 0.25) is 0 Å². The van der Waals surface area contributed by atoms with E-state index in [4.69, 9.17) is 0 Å². The van der Waals surface area contributed by atoms with Crippen LogP contribution in [0.5, 0.6) is 0 Å². The first kappa shape index (κ1) is 11.7. The summed E-state index contributed by atoms with van der Waals surface area (Å²) in [6.45, 7) is 5.75. The summed E-state index contributed by atoms with van der Waals surface area (Å²) in [6, 6.07) is 3.24. The summed E-state index contributed by atoms with van der Waals surface area (Å²) in [5.41, 5.74) is 1.92. The Morgan fingerprint density at radius 1 is 1.29 bits per heavy atom. The molecule has 0 aliphatic heterocycles. The van der Waals surface area contributed by atoms with Crippen molar-refractivity contribution in [2.24, 2.45) is 0 Å². The minimum Gasteiger partial charge on any atom is -0.370 e. The molecule has 0 radical (unpaired) electrons. The van der Waals surface area contributed by atoms with Gasteiger partial charge in [0, 0.05) is 19.2 Å². The molecule has 1 heterocycles. The molecule has 90 valence electrons. The number of anilines is 1. The van der Waals surface area contributed by atoms with E-state index in [9.17, 15) is 10.1 Å². The highest BCUT2D eigenvalue weighted by molar-refractivity contribution is 7.00. The number of nitro benzene ring substituents is 1. The molecule has 0 aliphatic carbocycles. The van der Waals surface area contributed by atoms with Crippen molar-refractivity contribution in [3.63, 3.8) is 0 Å². The molecule has 0 N–H and O–H groups in total. The summed E-state index contributed by atoms with van der Waals surface area (Å²) in [5, 5.41) is 10.9. The highest BCUT2D eigenvalue weighted by Crippen LogP contribution is 2.31. The van der Waals surface area contributed by atoms with Crippen molar-refractivity contribution in [1.29, 1.82) is 0 Å². The van der Waals surface area contributed by atoms with Crippen molar-refractivity contribution in [2.45, 2.75) is 13.8 Å². The van der Waals surface area contributed by atoms with Gasteiger partial charge in [-0.25, -0.2) is 0 Å². The number of aromatic nitrogens is 2. The van der Waals surface area contributed by atoms with E-state index in [-0.39, 0.29) is 5.69 Å². The second-order valence-electron chi connectivity index (χ2n) is 3.49. The van der Waals surface area contributed by atoms with Gasteiger partial charge in [-0.15, -0.1) is 0 Å². The average Bonchev–Trinajstić information content (AvgIpc) is 2.79. The topological polar surface area (TPSA) is 72.2 Å². The van der Waals surface area contributed by atoms with Crippen LogP contribution in [0.25, 0.3) is 11.0 Å². The number of hydrogen-bond donors (Lipinski definition) is 0. The van der Waals surface area contributed by atoms with Crippen molar-refractivity contribution in [2.75, 3.05) is 18.0 Å². The maximum absolute atomic E-state index is 10.9. The minimum atomic E-state index is -0.421.